The van der Waals surface area contributed by atoms with Crippen LogP contribution in [0.15, 0.2) is 18.2 Å². The number of rotatable bonds is 4. The first-order valence-corrected chi connectivity index (χ1v) is 6.71. The molecular formula is C15H22N2O. The van der Waals surface area contributed by atoms with Crippen LogP contribution in [0.5, 0.6) is 0 Å². The minimum absolute atomic E-state index is 0.141. The van der Waals surface area contributed by atoms with Gasteiger partial charge in [-0.25, -0.2) is 0 Å². The third-order valence-electron chi connectivity index (χ3n) is 3.76. The maximum Gasteiger partial charge on any atom is 0.254 e. The summed E-state index contributed by atoms with van der Waals surface area (Å²) in [4.78, 5) is 14.5. The number of amides is 1. The van der Waals surface area contributed by atoms with E-state index < -0.39 is 0 Å². The topological polar surface area (TPSA) is 46.3 Å². The lowest BCUT2D eigenvalue weighted by Gasteiger charge is -2.37. The van der Waals surface area contributed by atoms with Crippen molar-refractivity contribution >= 4 is 5.91 Å². The number of hydrogen-bond acceptors (Lipinski definition) is 2. The van der Waals surface area contributed by atoms with Gasteiger partial charge in [-0.15, -0.1) is 0 Å². The molecule has 1 fully saturated rings. The minimum Gasteiger partial charge on any atom is -0.334 e. The average Bonchev–Trinajstić information content (AvgIpc) is 2.25. The van der Waals surface area contributed by atoms with Gasteiger partial charge in [0.15, 0.2) is 0 Å². The Labute approximate surface area is 109 Å². The van der Waals surface area contributed by atoms with E-state index >= 15 is 0 Å². The lowest BCUT2D eigenvalue weighted by atomic mass is 9.90. The van der Waals surface area contributed by atoms with E-state index in [0.717, 1.165) is 24.0 Å². The summed E-state index contributed by atoms with van der Waals surface area (Å²) in [5.41, 5.74) is 8.70. The molecule has 0 aliphatic heterocycles. The van der Waals surface area contributed by atoms with E-state index in [1.165, 1.54) is 12.0 Å². The average molecular weight is 246 g/mol. The summed E-state index contributed by atoms with van der Waals surface area (Å²) in [6.45, 7) is 5.25. The van der Waals surface area contributed by atoms with Gasteiger partial charge in [-0.3, -0.25) is 4.79 Å². The van der Waals surface area contributed by atoms with E-state index in [1.54, 1.807) is 0 Å². The van der Waals surface area contributed by atoms with Crippen molar-refractivity contribution in [1.29, 1.82) is 0 Å². The highest BCUT2D eigenvalue weighted by Gasteiger charge is 2.29. The van der Waals surface area contributed by atoms with Gasteiger partial charge < -0.3 is 10.6 Å². The molecular weight excluding hydrogens is 224 g/mol. The number of nitrogens with two attached hydrogens (primary N) is 1. The molecule has 0 saturated heterocycles. The summed E-state index contributed by atoms with van der Waals surface area (Å²) in [5.74, 6) is 0.141. The zero-order valence-corrected chi connectivity index (χ0v) is 11.3. The molecule has 1 aliphatic rings. The lowest BCUT2D eigenvalue weighted by Crippen LogP contribution is -2.46. The molecule has 0 unspecified atom stereocenters. The quantitative estimate of drug-likeness (QED) is 0.885. The Morgan fingerprint density at radius 1 is 1.39 bits per heavy atom. The summed E-state index contributed by atoms with van der Waals surface area (Å²) in [6, 6.07) is 6.41. The SMILES string of the molecule is Cc1ccc(C(=O)N(CCN)C2CCC2)c(C)c1. The summed E-state index contributed by atoms with van der Waals surface area (Å²) in [5, 5.41) is 0. The number of carbonyl (C=O) groups is 1. The number of nitrogens with zero attached hydrogens (tertiary/aromatic N) is 1. The molecule has 2 N–H and O–H groups in total. The van der Waals surface area contributed by atoms with Gasteiger partial charge in [-0.1, -0.05) is 17.7 Å². The van der Waals surface area contributed by atoms with Crippen molar-refractivity contribution in [1.82, 2.24) is 4.90 Å². The smallest absolute Gasteiger partial charge is 0.254 e. The predicted octanol–water partition coefficient (Wildman–Crippen LogP) is 2.26. The first kappa shape index (κ1) is 13.1. The molecule has 0 heterocycles. The Kier molecular flexibility index (Phi) is 4.02. The maximum absolute atomic E-state index is 12.6. The number of hydrogen-bond donors (Lipinski definition) is 1. The van der Waals surface area contributed by atoms with E-state index in [-0.39, 0.29) is 5.91 Å². The molecule has 2 rings (SSSR count). The first-order valence-electron chi connectivity index (χ1n) is 6.71. The van der Waals surface area contributed by atoms with Crippen LogP contribution in [0.1, 0.15) is 40.7 Å². The fourth-order valence-corrected chi connectivity index (χ4v) is 2.50. The first-order chi connectivity index (χ1) is 8.63. The summed E-state index contributed by atoms with van der Waals surface area (Å²) in [6.07, 6.45) is 3.47. The Hall–Kier alpha value is -1.35. The van der Waals surface area contributed by atoms with Crippen LogP contribution in [0.25, 0.3) is 0 Å². The van der Waals surface area contributed by atoms with Crippen molar-refractivity contribution in [2.24, 2.45) is 5.73 Å². The summed E-state index contributed by atoms with van der Waals surface area (Å²) < 4.78 is 0. The van der Waals surface area contributed by atoms with Gasteiger partial charge in [0.2, 0.25) is 0 Å². The second kappa shape index (κ2) is 5.53. The molecule has 0 atom stereocenters. The molecule has 1 saturated carbocycles. The van der Waals surface area contributed by atoms with Crippen molar-refractivity contribution in [2.45, 2.75) is 39.2 Å². The van der Waals surface area contributed by atoms with Crippen LogP contribution in [0.2, 0.25) is 0 Å². The second-order valence-electron chi connectivity index (χ2n) is 5.19. The van der Waals surface area contributed by atoms with Crippen LogP contribution in [0, 0.1) is 13.8 Å². The highest BCUT2D eigenvalue weighted by Crippen LogP contribution is 2.26. The molecule has 0 radical (unpaired) electrons. The molecule has 3 nitrogen and oxygen atoms in total. The van der Waals surface area contributed by atoms with Crippen LogP contribution in [-0.2, 0) is 0 Å². The van der Waals surface area contributed by atoms with E-state index in [2.05, 4.69) is 6.07 Å². The Morgan fingerprint density at radius 2 is 2.11 bits per heavy atom. The van der Waals surface area contributed by atoms with Crippen LogP contribution in [0.3, 0.4) is 0 Å². The largest absolute Gasteiger partial charge is 0.334 e. The fourth-order valence-electron chi connectivity index (χ4n) is 2.50. The summed E-state index contributed by atoms with van der Waals surface area (Å²) in [7, 11) is 0. The zero-order valence-electron chi connectivity index (χ0n) is 11.3. The lowest BCUT2D eigenvalue weighted by molar-refractivity contribution is 0.0588. The molecule has 1 amide bonds. The molecule has 0 spiro atoms. The second-order valence-corrected chi connectivity index (χ2v) is 5.19. The van der Waals surface area contributed by atoms with Crippen molar-refractivity contribution in [3.8, 4) is 0 Å². The monoisotopic (exact) mass is 246 g/mol. The van der Waals surface area contributed by atoms with Gasteiger partial charge in [-0.2, -0.15) is 0 Å². The predicted molar refractivity (Wildman–Crippen MR) is 73.6 cm³/mol. The van der Waals surface area contributed by atoms with Gasteiger partial charge >= 0.3 is 0 Å². The van der Waals surface area contributed by atoms with Gasteiger partial charge in [0.1, 0.15) is 0 Å². The highest BCUT2D eigenvalue weighted by molar-refractivity contribution is 5.96. The zero-order chi connectivity index (χ0) is 13.1. The Balaban J connectivity index is 2.21. The number of aryl methyl sites for hydroxylation is 2. The van der Waals surface area contributed by atoms with Gasteiger partial charge in [0.05, 0.1) is 0 Å². The number of carbonyl (C=O) groups excluding carboxylic acids is 1. The van der Waals surface area contributed by atoms with E-state index in [0.29, 0.717) is 19.1 Å². The van der Waals surface area contributed by atoms with Crippen LogP contribution >= 0.6 is 0 Å². The van der Waals surface area contributed by atoms with E-state index in [1.807, 2.05) is 30.9 Å². The maximum atomic E-state index is 12.6. The molecule has 18 heavy (non-hydrogen) atoms. The Morgan fingerprint density at radius 3 is 2.61 bits per heavy atom. The molecule has 98 valence electrons. The minimum atomic E-state index is 0.141. The van der Waals surface area contributed by atoms with E-state index in [9.17, 15) is 4.79 Å². The molecule has 1 aliphatic carbocycles. The third kappa shape index (κ3) is 2.56. The van der Waals surface area contributed by atoms with Crippen molar-refractivity contribution in [3.63, 3.8) is 0 Å². The van der Waals surface area contributed by atoms with Crippen LogP contribution in [-0.4, -0.2) is 29.9 Å². The van der Waals surface area contributed by atoms with Crippen LogP contribution in [0.4, 0.5) is 0 Å². The molecule has 1 aromatic carbocycles. The van der Waals surface area contributed by atoms with Gasteiger partial charge in [0.25, 0.3) is 5.91 Å². The third-order valence-corrected chi connectivity index (χ3v) is 3.76. The van der Waals surface area contributed by atoms with Crippen molar-refractivity contribution in [2.75, 3.05) is 13.1 Å². The van der Waals surface area contributed by atoms with Crippen molar-refractivity contribution in [3.05, 3.63) is 34.9 Å². The Bertz CT molecular complexity index is 438. The molecule has 0 bridgehead atoms. The van der Waals surface area contributed by atoms with Crippen molar-refractivity contribution < 1.29 is 4.79 Å². The number of benzene rings is 1. The highest BCUT2D eigenvalue weighted by atomic mass is 16.2. The molecule has 0 aromatic heterocycles. The molecule has 1 aromatic rings. The van der Waals surface area contributed by atoms with Gasteiger partial charge in [-0.05, 0) is 44.7 Å². The normalized spacial score (nSPS) is 15.3. The summed E-state index contributed by atoms with van der Waals surface area (Å²) >= 11 is 0. The van der Waals surface area contributed by atoms with Crippen LogP contribution < -0.4 is 5.73 Å². The standard InChI is InChI=1S/C15H22N2O/c1-11-6-7-14(12(2)10-11)15(18)17(9-8-16)13-4-3-5-13/h6-7,10,13H,3-5,8-9,16H2,1-2H3. The molecule has 3 heteroatoms. The van der Waals surface area contributed by atoms with E-state index in [4.69, 9.17) is 5.73 Å². The van der Waals surface area contributed by atoms with Gasteiger partial charge in [0, 0.05) is 24.7 Å². The fraction of sp³-hybridized carbons (Fsp3) is 0.533.